The second kappa shape index (κ2) is 5.47. The molecule has 0 aromatic heterocycles. The predicted molar refractivity (Wildman–Crippen MR) is 75.9 cm³/mol. The molecule has 1 aliphatic heterocycles. The van der Waals surface area contributed by atoms with Crippen LogP contribution in [0.15, 0.2) is 42.5 Å². The zero-order valence-corrected chi connectivity index (χ0v) is 11.1. The molecular formula is C13H13NOS2. The molecule has 1 atom stereocenters. The Balaban J connectivity index is 2.28. The van der Waals surface area contributed by atoms with Crippen molar-refractivity contribution >= 4 is 34.2 Å². The van der Waals surface area contributed by atoms with E-state index < -0.39 is 0 Å². The molecule has 0 N–H and O–H groups in total. The Kier molecular flexibility index (Phi) is 3.97. The minimum atomic E-state index is -0.0312. The lowest BCUT2D eigenvalue weighted by molar-refractivity contribution is -0.123. The fourth-order valence-corrected chi connectivity index (χ4v) is 3.23. The molecule has 2 nitrogen and oxygen atoms in total. The number of thiocarbonyl (C=S) groups is 1. The van der Waals surface area contributed by atoms with Crippen LogP contribution in [0.3, 0.4) is 0 Å². The molecule has 0 radical (unpaired) electrons. The summed E-state index contributed by atoms with van der Waals surface area (Å²) < 4.78 is 0.668. The lowest BCUT2D eigenvalue weighted by Crippen LogP contribution is -2.32. The fraction of sp³-hybridized carbons (Fsp3) is 0.231. The van der Waals surface area contributed by atoms with Crippen molar-refractivity contribution in [3.05, 3.63) is 48.0 Å². The van der Waals surface area contributed by atoms with Gasteiger partial charge in [-0.3, -0.25) is 9.69 Å². The topological polar surface area (TPSA) is 20.3 Å². The van der Waals surface area contributed by atoms with Crippen molar-refractivity contribution in [2.75, 3.05) is 5.75 Å². The predicted octanol–water partition coefficient (Wildman–Crippen LogP) is 3.16. The van der Waals surface area contributed by atoms with Gasteiger partial charge in [-0.1, -0.05) is 60.4 Å². The molecular weight excluding hydrogens is 250 g/mol. The highest BCUT2D eigenvalue weighted by molar-refractivity contribution is 8.23. The van der Waals surface area contributed by atoms with E-state index in [2.05, 4.69) is 0 Å². The summed E-state index contributed by atoms with van der Waals surface area (Å²) in [5.41, 5.74) is 1.14. The van der Waals surface area contributed by atoms with Gasteiger partial charge >= 0.3 is 0 Å². The Hall–Kier alpha value is -1.13. The lowest BCUT2D eigenvalue weighted by atomic mass is 10.1. The number of benzene rings is 1. The third kappa shape index (κ3) is 2.58. The quantitative estimate of drug-likeness (QED) is 0.604. The van der Waals surface area contributed by atoms with Gasteiger partial charge in [0.1, 0.15) is 4.32 Å². The average molecular weight is 263 g/mol. The summed E-state index contributed by atoms with van der Waals surface area (Å²) in [5, 5.41) is 0. The van der Waals surface area contributed by atoms with E-state index in [0.717, 1.165) is 11.3 Å². The highest BCUT2D eigenvalue weighted by Gasteiger charge is 2.33. The molecule has 1 saturated heterocycles. The Morgan fingerprint density at radius 1 is 1.47 bits per heavy atom. The number of nitrogens with zero attached hydrogens (tertiary/aromatic N) is 1. The summed E-state index contributed by atoms with van der Waals surface area (Å²) in [5.74, 6) is 0.808. The number of thioether (sulfide) groups is 1. The maximum absolute atomic E-state index is 12.0. The summed E-state index contributed by atoms with van der Waals surface area (Å²) in [4.78, 5) is 13.7. The van der Waals surface area contributed by atoms with Crippen molar-refractivity contribution in [3.63, 3.8) is 0 Å². The monoisotopic (exact) mass is 263 g/mol. The van der Waals surface area contributed by atoms with Crippen LogP contribution in [0.25, 0.3) is 0 Å². The van der Waals surface area contributed by atoms with Crippen LogP contribution in [-0.4, -0.2) is 20.9 Å². The molecule has 17 heavy (non-hydrogen) atoms. The van der Waals surface area contributed by atoms with E-state index in [-0.39, 0.29) is 11.9 Å². The van der Waals surface area contributed by atoms with Crippen LogP contribution in [-0.2, 0) is 4.79 Å². The maximum atomic E-state index is 12.0. The highest BCUT2D eigenvalue weighted by atomic mass is 32.2. The minimum Gasteiger partial charge on any atom is -0.286 e. The number of allylic oxidation sites excluding steroid dienone is 1. The van der Waals surface area contributed by atoms with Gasteiger partial charge in [0, 0.05) is 5.75 Å². The third-order valence-corrected chi connectivity index (χ3v) is 4.08. The standard InChI is InChI=1S/C13H13NOS2/c1-2-6-12(15)14-11(9-17-13(14)16)10-7-4-3-5-8-10/h2-8,11H,9H2,1H3/b6-2+/t11-/m1/s1. The molecule has 0 unspecified atom stereocenters. The van der Waals surface area contributed by atoms with Crippen molar-refractivity contribution in [3.8, 4) is 0 Å². The smallest absolute Gasteiger partial charge is 0.252 e. The van der Waals surface area contributed by atoms with Crippen LogP contribution in [0.2, 0.25) is 0 Å². The summed E-state index contributed by atoms with van der Waals surface area (Å²) in [6.07, 6.45) is 3.31. The van der Waals surface area contributed by atoms with Gasteiger partial charge in [-0.25, -0.2) is 0 Å². The van der Waals surface area contributed by atoms with Gasteiger partial charge in [0.25, 0.3) is 5.91 Å². The normalized spacial score (nSPS) is 20.2. The molecule has 0 bridgehead atoms. The molecule has 1 aromatic carbocycles. The number of rotatable bonds is 2. The van der Waals surface area contributed by atoms with E-state index in [0.29, 0.717) is 4.32 Å². The molecule has 88 valence electrons. The molecule has 1 fully saturated rings. The van der Waals surface area contributed by atoms with Crippen LogP contribution in [0, 0.1) is 0 Å². The first kappa shape index (κ1) is 12.3. The first-order chi connectivity index (χ1) is 8.24. The molecule has 1 amide bonds. The van der Waals surface area contributed by atoms with Crippen LogP contribution in [0.5, 0.6) is 0 Å². The van der Waals surface area contributed by atoms with Crippen molar-refractivity contribution in [2.45, 2.75) is 13.0 Å². The summed E-state index contributed by atoms with van der Waals surface area (Å²) >= 11 is 6.81. The van der Waals surface area contributed by atoms with E-state index in [9.17, 15) is 4.79 Å². The van der Waals surface area contributed by atoms with Gasteiger partial charge in [-0.15, -0.1) is 0 Å². The average Bonchev–Trinajstić information content (AvgIpc) is 2.73. The Labute approximate surface area is 111 Å². The van der Waals surface area contributed by atoms with Crippen LogP contribution < -0.4 is 0 Å². The largest absolute Gasteiger partial charge is 0.286 e. The fourth-order valence-electron chi connectivity index (χ4n) is 1.81. The highest BCUT2D eigenvalue weighted by Crippen LogP contribution is 2.35. The van der Waals surface area contributed by atoms with E-state index in [1.807, 2.05) is 37.3 Å². The zero-order valence-electron chi connectivity index (χ0n) is 9.50. The zero-order chi connectivity index (χ0) is 12.3. The second-order valence-corrected chi connectivity index (χ2v) is 5.37. The van der Waals surface area contributed by atoms with E-state index in [1.165, 1.54) is 0 Å². The van der Waals surface area contributed by atoms with Crippen molar-refractivity contribution in [1.29, 1.82) is 0 Å². The molecule has 1 aromatic rings. The molecule has 2 rings (SSSR count). The molecule has 0 aliphatic carbocycles. The Morgan fingerprint density at radius 3 is 2.82 bits per heavy atom. The number of hydrogen-bond donors (Lipinski definition) is 0. The SMILES string of the molecule is C/C=C/C(=O)N1C(=S)SC[C@@H]1c1ccccc1. The summed E-state index contributed by atoms with van der Waals surface area (Å²) in [6.45, 7) is 1.84. The van der Waals surface area contributed by atoms with Crippen LogP contribution >= 0.6 is 24.0 Å². The van der Waals surface area contributed by atoms with Gasteiger partial charge in [0.2, 0.25) is 0 Å². The number of carbonyl (C=O) groups is 1. The van der Waals surface area contributed by atoms with E-state index >= 15 is 0 Å². The summed E-state index contributed by atoms with van der Waals surface area (Å²) in [6, 6.07) is 10.1. The molecule has 0 saturated carbocycles. The van der Waals surface area contributed by atoms with Gasteiger partial charge in [-0.2, -0.15) is 0 Å². The van der Waals surface area contributed by atoms with Crippen molar-refractivity contribution < 1.29 is 4.79 Å². The van der Waals surface area contributed by atoms with Gasteiger partial charge in [0.05, 0.1) is 6.04 Å². The Bertz CT molecular complexity index is 456. The van der Waals surface area contributed by atoms with Crippen LogP contribution in [0.1, 0.15) is 18.5 Å². The minimum absolute atomic E-state index is 0.0312. The first-order valence-corrected chi connectivity index (χ1v) is 6.81. The maximum Gasteiger partial charge on any atom is 0.252 e. The first-order valence-electron chi connectivity index (χ1n) is 5.41. The van der Waals surface area contributed by atoms with E-state index in [4.69, 9.17) is 12.2 Å². The molecule has 0 spiro atoms. The van der Waals surface area contributed by atoms with Crippen molar-refractivity contribution in [2.24, 2.45) is 0 Å². The van der Waals surface area contributed by atoms with Gasteiger partial charge in [0.15, 0.2) is 0 Å². The van der Waals surface area contributed by atoms with Crippen molar-refractivity contribution in [1.82, 2.24) is 4.90 Å². The summed E-state index contributed by atoms with van der Waals surface area (Å²) in [7, 11) is 0. The Morgan fingerprint density at radius 2 is 2.18 bits per heavy atom. The number of carbonyl (C=O) groups excluding carboxylic acids is 1. The third-order valence-electron chi connectivity index (χ3n) is 2.60. The van der Waals surface area contributed by atoms with Gasteiger partial charge < -0.3 is 0 Å². The molecule has 4 heteroatoms. The number of amides is 1. The molecule has 1 heterocycles. The molecule has 1 aliphatic rings. The van der Waals surface area contributed by atoms with Gasteiger partial charge in [-0.05, 0) is 18.6 Å². The number of hydrogen-bond acceptors (Lipinski definition) is 3. The lowest BCUT2D eigenvalue weighted by Gasteiger charge is -2.22. The second-order valence-electron chi connectivity index (χ2n) is 3.71. The van der Waals surface area contributed by atoms with E-state index in [1.54, 1.807) is 28.8 Å². The van der Waals surface area contributed by atoms with Crippen LogP contribution in [0.4, 0.5) is 0 Å².